The molecule has 5 heteroatoms. The van der Waals surface area contributed by atoms with Crippen LogP contribution in [0, 0.1) is 0 Å². The van der Waals surface area contributed by atoms with E-state index in [-0.39, 0.29) is 5.75 Å². The summed E-state index contributed by atoms with van der Waals surface area (Å²) in [4.78, 5) is 4.30. The van der Waals surface area contributed by atoms with Gasteiger partial charge in [-0.25, -0.2) is 4.98 Å². The van der Waals surface area contributed by atoms with Crippen molar-refractivity contribution < 1.29 is 9.84 Å². The van der Waals surface area contributed by atoms with Gasteiger partial charge in [0.25, 0.3) is 0 Å². The number of aromatic nitrogens is 2. The van der Waals surface area contributed by atoms with Gasteiger partial charge in [0.1, 0.15) is 12.3 Å². The van der Waals surface area contributed by atoms with Crippen LogP contribution >= 0.6 is 15.9 Å². The Hall–Kier alpha value is -2.01. The molecule has 0 aliphatic carbocycles. The average Bonchev–Trinajstić information content (AvgIpc) is 2.83. The van der Waals surface area contributed by atoms with Crippen LogP contribution in [0.3, 0.4) is 0 Å². The summed E-state index contributed by atoms with van der Waals surface area (Å²) in [6.07, 6.45) is 1.76. The van der Waals surface area contributed by atoms with Crippen LogP contribution in [0.1, 0.15) is 5.69 Å². The molecule has 0 spiro atoms. The Balaban J connectivity index is 1.89. The van der Waals surface area contributed by atoms with Crippen molar-refractivity contribution in [2.75, 3.05) is 0 Å². The van der Waals surface area contributed by atoms with Crippen molar-refractivity contribution >= 4 is 21.6 Å². The minimum atomic E-state index is 0.135. The Morgan fingerprint density at radius 1 is 1.16 bits per heavy atom. The highest BCUT2D eigenvalue weighted by molar-refractivity contribution is 9.10. The number of imidazole rings is 1. The van der Waals surface area contributed by atoms with E-state index in [4.69, 9.17) is 4.74 Å². The Bertz CT molecular complexity index is 724. The number of phenolic OH excluding ortho intramolecular Hbond substituents is 1. The molecule has 96 valence electrons. The predicted molar refractivity (Wildman–Crippen MR) is 75.3 cm³/mol. The molecule has 0 aliphatic rings. The average molecular weight is 319 g/mol. The Morgan fingerprint density at radius 2 is 2.00 bits per heavy atom. The van der Waals surface area contributed by atoms with E-state index in [2.05, 4.69) is 20.9 Å². The summed E-state index contributed by atoms with van der Waals surface area (Å²) in [5.74, 6) is 0.597. The zero-order valence-corrected chi connectivity index (χ0v) is 11.5. The topological polar surface area (TPSA) is 46.8 Å². The Morgan fingerprint density at radius 3 is 2.84 bits per heavy atom. The fourth-order valence-corrected chi connectivity index (χ4v) is 2.45. The summed E-state index contributed by atoms with van der Waals surface area (Å²) < 4.78 is 8.49. The number of hydrogen-bond donors (Lipinski definition) is 1. The maximum absolute atomic E-state index is 9.65. The zero-order valence-electron chi connectivity index (χ0n) is 9.95. The number of rotatable bonds is 3. The van der Waals surface area contributed by atoms with E-state index in [1.165, 1.54) is 0 Å². The quantitative estimate of drug-likeness (QED) is 0.753. The molecular formula is C14H11BrN2O2. The van der Waals surface area contributed by atoms with Crippen LogP contribution < -0.4 is 4.74 Å². The molecule has 0 radical (unpaired) electrons. The number of nitrogens with zero attached hydrogens (tertiary/aromatic N) is 2. The lowest BCUT2D eigenvalue weighted by Crippen LogP contribution is -2.00. The first-order valence-corrected chi connectivity index (χ1v) is 6.56. The highest BCUT2D eigenvalue weighted by Crippen LogP contribution is 2.25. The minimum Gasteiger partial charge on any atom is -0.504 e. The van der Waals surface area contributed by atoms with Crippen LogP contribution in [0.5, 0.6) is 11.5 Å². The zero-order chi connectivity index (χ0) is 13.2. The summed E-state index contributed by atoms with van der Waals surface area (Å²) in [6.45, 7) is 0.335. The molecule has 0 saturated heterocycles. The highest BCUT2D eigenvalue weighted by Gasteiger charge is 2.07. The Labute approximate surface area is 118 Å². The van der Waals surface area contributed by atoms with Crippen molar-refractivity contribution in [1.29, 1.82) is 0 Å². The van der Waals surface area contributed by atoms with E-state index >= 15 is 0 Å². The number of ether oxygens (including phenoxy) is 1. The third-order valence-corrected chi connectivity index (χ3v) is 3.41. The first-order valence-electron chi connectivity index (χ1n) is 5.77. The summed E-state index contributed by atoms with van der Waals surface area (Å²) in [6, 6.07) is 12.7. The monoisotopic (exact) mass is 318 g/mol. The fraction of sp³-hybridized carbons (Fsp3) is 0.0714. The van der Waals surface area contributed by atoms with E-state index in [1.807, 2.05) is 28.7 Å². The van der Waals surface area contributed by atoms with E-state index < -0.39 is 0 Å². The van der Waals surface area contributed by atoms with Crippen molar-refractivity contribution in [3.8, 4) is 11.5 Å². The first kappa shape index (κ1) is 12.0. The fourth-order valence-electron chi connectivity index (χ4n) is 1.89. The van der Waals surface area contributed by atoms with Crippen molar-refractivity contribution in [2.24, 2.45) is 0 Å². The molecule has 19 heavy (non-hydrogen) atoms. The third kappa shape index (κ3) is 2.29. The molecule has 0 amide bonds. The number of phenols is 1. The molecule has 3 rings (SSSR count). The van der Waals surface area contributed by atoms with Crippen molar-refractivity contribution in [1.82, 2.24) is 9.38 Å². The van der Waals surface area contributed by atoms with Gasteiger partial charge in [0.2, 0.25) is 0 Å². The molecule has 2 aromatic heterocycles. The van der Waals surface area contributed by atoms with Gasteiger partial charge in [-0.05, 0) is 40.2 Å². The second-order valence-corrected chi connectivity index (χ2v) is 4.86. The number of benzene rings is 1. The molecule has 0 unspecified atom stereocenters. The molecule has 0 saturated carbocycles. The second-order valence-electron chi connectivity index (χ2n) is 4.05. The van der Waals surface area contributed by atoms with Crippen LogP contribution in [0.25, 0.3) is 5.65 Å². The van der Waals surface area contributed by atoms with Gasteiger partial charge in [0, 0.05) is 0 Å². The van der Waals surface area contributed by atoms with E-state index in [0.717, 1.165) is 15.9 Å². The highest BCUT2D eigenvalue weighted by atomic mass is 79.9. The van der Waals surface area contributed by atoms with Gasteiger partial charge in [-0.15, -0.1) is 0 Å². The molecule has 3 aromatic rings. The molecular weight excluding hydrogens is 308 g/mol. The van der Waals surface area contributed by atoms with E-state index in [0.29, 0.717) is 12.4 Å². The summed E-state index contributed by atoms with van der Waals surface area (Å²) in [7, 11) is 0. The normalized spacial score (nSPS) is 10.8. The first-order chi connectivity index (χ1) is 9.25. The molecule has 1 N–H and O–H groups in total. The second kappa shape index (κ2) is 4.93. The maximum Gasteiger partial charge on any atom is 0.161 e. The van der Waals surface area contributed by atoms with Gasteiger partial charge in [0.15, 0.2) is 11.5 Å². The summed E-state index contributed by atoms with van der Waals surface area (Å²) >= 11 is 3.49. The van der Waals surface area contributed by atoms with Crippen LogP contribution in [-0.2, 0) is 6.61 Å². The predicted octanol–water partition coefficient (Wildman–Crippen LogP) is 3.38. The number of pyridine rings is 1. The molecule has 0 aliphatic heterocycles. The standard InChI is InChI=1S/C14H11BrN2O2/c15-13-6-3-7-14-16-8-10(17(13)14)9-19-12-5-2-1-4-11(12)18/h1-8,18H,9H2. The van der Waals surface area contributed by atoms with Crippen LogP contribution in [-0.4, -0.2) is 14.5 Å². The summed E-state index contributed by atoms with van der Waals surface area (Å²) in [5.41, 5.74) is 1.76. The van der Waals surface area contributed by atoms with Gasteiger partial charge >= 0.3 is 0 Å². The molecule has 1 aromatic carbocycles. The van der Waals surface area contributed by atoms with Crippen molar-refractivity contribution in [2.45, 2.75) is 6.61 Å². The molecule has 2 heterocycles. The minimum absolute atomic E-state index is 0.135. The van der Waals surface area contributed by atoms with Gasteiger partial charge in [-0.3, -0.25) is 4.40 Å². The number of hydrogen-bond acceptors (Lipinski definition) is 3. The van der Waals surface area contributed by atoms with Crippen LogP contribution in [0.15, 0.2) is 53.3 Å². The van der Waals surface area contributed by atoms with Crippen molar-refractivity contribution in [3.05, 3.63) is 59.0 Å². The lowest BCUT2D eigenvalue weighted by Gasteiger charge is -2.08. The largest absolute Gasteiger partial charge is 0.504 e. The molecule has 0 atom stereocenters. The van der Waals surface area contributed by atoms with Gasteiger partial charge in [0.05, 0.1) is 16.5 Å². The Kier molecular flexibility index (Phi) is 3.13. The smallest absolute Gasteiger partial charge is 0.161 e. The number of halogens is 1. The van der Waals surface area contributed by atoms with Gasteiger partial charge < -0.3 is 9.84 Å². The number of para-hydroxylation sites is 2. The summed E-state index contributed by atoms with van der Waals surface area (Å²) in [5, 5.41) is 9.65. The maximum atomic E-state index is 9.65. The third-order valence-electron chi connectivity index (χ3n) is 2.80. The SMILES string of the molecule is Oc1ccccc1OCc1cnc2cccc(Br)n12. The van der Waals surface area contributed by atoms with E-state index in [1.54, 1.807) is 24.4 Å². The van der Waals surface area contributed by atoms with Crippen LogP contribution in [0.4, 0.5) is 0 Å². The van der Waals surface area contributed by atoms with Crippen LogP contribution in [0.2, 0.25) is 0 Å². The van der Waals surface area contributed by atoms with E-state index in [9.17, 15) is 5.11 Å². The number of aromatic hydroxyl groups is 1. The molecule has 0 bridgehead atoms. The van der Waals surface area contributed by atoms with Gasteiger partial charge in [-0.1, -0.05) is 18.2 Å². The lowest BCUT2D eigenvalue weighted by molar-refractivity contribution is 0.284. The molecule has 4 nitrogen and oxygen atoms in total. The molecule has 0 fully saturated rings. The van der Waals surface area contributed by atoms with Gasteiger partial charge in [-0.2, -0.15) is 0 Å². The lowest BCUT2D eigenvalue weighted by atomic mass is 10.3. The van der Waals surface area contributed by atoms with Crippen molar-refractivity contribution in [3.63, 3.8) is 0 Å². The number of fused-ring (bicyclic) bond motifs is 1.